The first-order valence-corrected chi connectivity index (χ1v) is 13.3. The number of benzene rings is 2. The minimum Gasteiger partial charge on any atom is -0.308 e. The largest absolute Gasteiger partial charge is 0.308 e. The third kappa shape index (κ3) is 3.40. The van der Waals surface area contributed by atoms with Gasteiger partial charge in [-0.1, -0.05) is 48.5 Å². The molecule has 172 valence electrons. The minimum absolute atomic E-state index is 0.0449. The van der Waals surface area contributed by atoms with Gasteiger partial charge in [0, 0.05) is 17.8 Å². The predicted molar refractivity (Wildman–Crippen MR) is 132 cm³/mol. The van der Waals surface area contributed by atoms with Crippen molar-refractivity contribution >= 4 is 32.5 Å². The summed E-state index contributed by atoms with van der Waals surface area (Å²) in [5.41, 5.74) is 5.46. The number of pyridine rings is 1. The molecule has 7 nitrogen and oxygen atoms in total. The summed E-state index contributed by atoms with van der Waals surface area (Å²) in [6.07, 6.45) is 1.32. The van der Waals surface area contributed by atoms with Crippen LogP contribution >= 0.6 is 0 Å². The number of carbonyl (C=O) groups is 1. The summed E-state index contributed by atoms with van der Waals surface area (Å²) in [4.78, 5) is 20.7. The molecule has 1 unspecified atom stereocenters. The van der Waals surface area contributed by atoms with Crippen LogP contribution in [0.25, 0.3) is 22.3 Å². The Morgan fingerprint density at radius 1 is 1.06 bits per heavy atom. The van der Waals surface area contributed by atoms with Gasteiger partial charge in [-0.05, 0) is 37.5 Å². The fraction of sp³-hybridized carbons (Fsp3) is 0.269. The van der Waals surface area contributed by atoms with Crippen LogP contribution in [-0.2, 0) is 16.3 Å². The molecule has 1 fully saturated rings. The second kappa shape index (κ2) is 7.77. The number of anilines is 1. The molecule has 8 heteroatoms. The number of nitrogens with zero attached hydrogens (tertiary/aromatic N) is 4. The van der Waals surface area contributed by atoms with E-state index in [-0.39, 0.29) is 23.5 Å². The van der Waals surface area contributed by atoms with Crippen LogP contribution in [0, 0.1) is 6.92 Å². The highest BCUT2D eigenvalue weighted by Crippen LogP contribution is 2.35. The topological polar surface area (TPSA) is 85.2 Å². The molecule has 2 aliphatic heterocycles. The highest BCUT2D eigenvalue weighted by atomic mass is 32.2. The Bertz CT molecular complexity index is 1540. The van der Waals surface area contributed by atoms with E-state index in [0.29, 0.717) is 41.0 Å². The van der Waals surface area contributed by atoms with Crippen molar-refractivity contribution in [2.75, 3.05) is 23.0 Å². The van der Waals surface area contributed by atoms with E-state index in [1.54, 1.807) is 4.68 Å². The summed E-state index contributed by atoms with van der Waals surface area (Å²) >= 11 is 0. The van der Waals surface area contributed by atoms with Crippen molar-refractivity contribution in [2.24, 2.45) is 0 Å². The molecule has 1 amide bonds. The van der Waals surface area contributed by atoms with Crippen molar-refractivity contribution in [3.05, 3.63) is 77.5 Å². The zero-order chi connectivity index (χ0) is 23.4. The van der Waals surface area contributed by atoms with Gasteiger partial charge in [-0.3, -0.25) is 4.79 Å². The molecule has 1 atom stereocenters. The molecule has 0 N–H and O–H groups in total. The highest BCUT2D eigenvalue weighted by molar-refractivity contribution is 7.91. The van der Waals surface area contributed by atoms with Gasteiger partial charge < -0.3 is 4.90 Å². The van der Waals surface area contributed by atoms with E-state index in [1.807, 2.05) is 66.4 Å². The van der Waals surface area contributed by atoms with E-state index in [9.17, 15) is 13.2 Å². The normalized spacial score (nSPS) is 19.0. The number of carbonyl (C=O) groups excluding carboxylic acids is 1. The molecule has 4 heterocycles. The van der Waals surface area contributed by atoms with Crippen molar-refractivity contribution in [2.45, 2.75) is 25.8 Å². The fourth-order valence-corrected chi connectivity index (χ4v) is 6.85. The maximum atomic E-state index is 14.0. The molecule has 2 aromatic carbocycles. The molecule has 0 saturated carbocycles. The highest BCUT2D eigenvalue weighted by Gasteiger charge is 2.34. The van der Waals surface area contributed by atoms with Gasteiger partial charge in [-0.15, -0.1) is 0 Å². The number of para-hydroxylation sites is 1. The molecule has 34 heavy (non-hydrogen) atoms. The first-order valence-electron chi connectivity index (χ1n) is 11.5. The first-order chi connectivity index (χ1) is 16.4. The Hall–Kier alpha value is -3.52. The Balaban J connectivity index is 1.55. The molecule has 0 bridgehead atoms. The summed E-state index contributed by atoms with van der Waals surface area (Å²) in [5, 5.41) is 5.40. The van der Waals surface area contributed by atoms with E-state index in [2.05, 4.69) is 6.07 Å². The van der Waals surface area contributed by atoms with Crippen LogP contribution in [0.15, 0.2) is 60.7 Å². The van der Waals surface area contributed by atoms with E-state index in [4.69, 9.17) is 10.1 Å². The Labute approximate surface area is 198 Å². The SMILES string of the molecule is Cc1nn(C2CCS(=O)(=O)C2)c2nc(-c3ccccc3)cc(C(=O)N3CCc4ccccc43)c12. The van der Waals surface area contributed by atoms with Gasteiger partial charge in [-0.25, -0.2) is 18.1 Å². The molecule has 6 rings (SSSR count). The lowest BCUT2D eigenvalue weighted by molar-refractivity contribution is 0.0991. The third-order valence-corrected chi connectivity index (χ3v) is 8.57. The van der Waals surface area contributed by atoms with E-state index < -0.39 is 9.84 Å². The first kappa shape index (κ1) is 21.0. The van der Waals surface area contributed by atoms with Gasteiger partial charge >= 0.3 is 0 Å². The smallest absolute Gasteiger partial charge is 0.259 e. The molecule has 0 radical (unpaired) electrons. The van der Waals surface area contributed by atoms with E-state index in [0.717, 1.165) is 23.2 Å². The van der Waals surface area contributed by atoms with Gasteiger partial charge in [0.25, 0.3) is 5.91 Å². The molecular formula is C26H24N4O3S. The zero-order valence-electron chi connectivity index (χ0n) is 18.8. The number of fused-ring (bicyclic) bond motifs is 2. The lowest BCUT2D eigenvalue weighted by atomic mass is 10.0. The van der Waals surface area contributed by atoms with Crippen molar-refractivity contribution in [1.82, 2.24) is 14.8 Å². The lowest BCUT2D eigenvalue weighted by Gasteiger charge is -2.19. The van der Waals surface area contributed by atoms with E-state index >= 15 is 0 Å². The zero-order valence-corrected chi connectivity index (χ0v) is 19.6. The molecular weight excluding hydrogens is 448 g/mol. The van der Waals surface area contributed by atoms with Crippen LogP contribution in [0.4, 0.5) is 5.69 Å². The average molecular weight is 473 g/mol. The number of rotatable bonds is 3. The fourth-order valence-electron chi connectivity index (χ4n) is 5.16. The second-order valence-corrected chi connectivity index (χ2v) is 11.3. The van der Waals surface area contributed by atoms with Crippen molar-refractivity contribution < 1.29 is 13.2 Å². The maximum Gasteiger partial charge on any atom is 0.259 e. The lowest BCUT2D eigenvalue weighted by Crippen LogP contribution is -2.29. The average Bonchev–Trinajstić information content (AvgIpc) is 3.53. The summed E-state index contributed by atoms with van der Waals surface area (Å²) in [7, 11) is -3.10. The van der Waals surface area contributed by atoms with Crippen molar-refractivity contribution in [1.29, 1.82) is 0 Å². The molecule has 2 aromatic heterocycles. The van der Waals surface area contributed by atoms with Crippen molar-refractivity contribution in [3.8, 4) is 11.3 Å². The standard InChI is InChI=1S/C26H24N4O3S/c1-17-24-21(26(31)29-13-11-19-9-5-6-10-23(19)29)15-22(18-7-3-2-4-8-18)27-25(24)30(28-17)20-12-14-34(32,33)16-20/h2-10,15,20H,11-14,16H2,1H3. The van der Waals surface area contributed by atoms with Gasteiger partial charge in [-0.2, -0.15) is 5.10 Å². The predicted octanol–water partition coefficient (Wildman–Crippen LogP) is 3.97. The molecule has 2 aliphatic rings. The van der Waals surface area contributed by atoms with Crippen LogP contribution in [0.5, 0.6) is 0 Å². The third-order valence-electron chi connectivity index (χ3n) is 6.82. The number of amides is 1. The van der Waals surface area contributed by atoms with Gasteiger partial charge in [0.05, 0.1) is 39.9 Å². The number of sulfone groups is 1. The van der Waals surface area contributed by atoms with E-state index in [1.165, 1.54) is 0 Å². The molecule has 0 aliphatic carbocycles. The maximum absolute atomic E-state index is 14.0. The quantitative estimate of drug-likeness (QED) is 0.450. The monoisotopic (exact) mass is 472 g/mol. The number of aromatic nitrogens is 3. The summed E-state index contributed by atoms with van der Waals surface area (Å²) in [6, 6.07) is 19.3. The van der Waals surface area contributed by atoms with Crippen LogP contribution in [0.2, 0.25) is 0 Å². The Morgan fingerprint density at radius 2 is 1.82 bits per heavy atom. The van der Waals surface area contributed by atoms with Crippen LogP contribution in [-0.4, -0.2) is 47.1 Å². The molecule has 0 spiro atoms. The molecule has 4 aromatic rings. The van der Waals surface area contributed by atoms with Gasteiger partial charge in [0.15, 0.2) is 15.5 Å². The Kier molecular flexibility index (Phi) is 4.81. The second-order valence-electron chi connectivity index (χ2n) is 9.04. The number of hydrogen-bond donors (Lipinski definition) is 0. The van der Waals surface area contributed by atoms with Crippen LogP contribution in [0.3, 0.4) is 0 Å². The molecule has 1 saturated heterocycles. The van der Waals surface area contributed by atoms with Gasteiger partial charge in [0.1, 0.15) is 0 Å². The van der Waals surface area contributed by atoms with Crippen molar-refractivity contribution in [3.63, 3.8) is 0 Å². The number of aryl methyl sites for hydroxylation is 1. The van der Waals surface area contributed by atoms with Gasteiger partial charge in [0.2, 0.25) is 0 Å². The van der Waals surface area contributed by atoms with Crippen LogP contribution < -0.4 is 4.90 Å². The Morgan fingerprint density at radius 3 is 2.59 bits per heavy atom. The summed E-state index contributed by atoms with van der Waals surface area (Å²) in [5.74, 6) is 0.104. The summed E-state index contributed by atoms with van der Waals surface area (Å²) in [6.45, 7) is 2.48. The summed E-state index contributed by atoms with van der Waals surface area (Å²) < 4.78 is 26.1. The minimum atomic E-state index is -3.10. The number of hydrogen-bond acceptors (Lipinski definition) is 5. The van der Waals surface area contributed by atoms with Crippen LogP contribution in [0.1, 0.15) is 34.1 Å².